The zero-order chi connectivity index (χ0) is 19.3. The zero-order valence-corrected chi connectivity index (χ0v) is 16.5. The van der Waals surface area contributed by atoms with Crippen molar-refractivity contribution in [1.29, 1.82) is 0 Å². The first kappa shape index (κ1) is 19.3. The maximum atomic E-state index is 12.8. The van der Waals surface area contributed by atoms with Gasteiger partial charge in [-0.2, -0.15) is 0 Å². The second-order valence-corrected chi connectivity index (χ2v) is 7.13. The molecule has 4 heteroatoms. The van der Waals surface area contributed by atoms with E-state index < -0.39 is 0 Å². The molecule has 144 valence electrons. The second-order valence-electron chi connectivity index (χ2n) is 7.13. The van der Waals surface area contributed by atoms with Crippen molar-refractivity contribution in [1.82, 2.24) is 5.32 Å². The van der Waals surface area contributed by atoms with Gasteiger partial charge in [-0.1, -0.05) is 39.0 Å². The van der Waals surface area contributed by atoms with Crippen LogP contribution in [0.2, 0.25) is 0 Å². The number of fused-ring (bicyclic) bond motifs is 1. The van der Waals surface area contributed by atoms with E-state index in [1.165, 1.54) is 0 Å². The number of hydrogen-bond donors (Lipinski definition) is 1. The minimum atomic E-state index is -0.232. The first-order chi connectivity index (χ1) is 13.1. The number of ether oxygens (including phenoxy) is 2. The summed E-state index contributed by atoms with van der Waals surface area (Å²) in [5.74, 6) is 1.60. The zero-order valence-electron chi connectivity index (χ0n) is 16.5. The normalized spacial score (nSPS) is 17.5. The molecule has 0 aromatic heterocycles. The number of rotatable bonds is 7. The third-order valence-corrected chi connectivity index (χ3v) is 5.38. The maximum absolute atomic E-state index is 12.8. The standard InChI is InChI=1S/C23H29NO3/c1-4-15-26-18-13-11-17(12-14-18)22(25)24-20-16-23(5-2,6-3)27-21-10-8-7-9-19(20)21/h7-14,20H,4-6,15-16H2,1-3H3,(H,24,25)/t20-/m1/s1. The van der Waals surface area contributed by atoms with Gasteiger partial charge in [0.25, 0.3) is 5.91 Å². The fraction of sp³-hybridized carbons (Fsp3) is 0.435. The van der Waals surface area contributed by atoms with Gasteiger partial charge in [-0.3, -0.25) is 4.79 Å². The highest BCUT2D eigenvalue weighted by molar-refractivity contribution is 5.94. The summed E-state index contributed by atoms with van der Waals surface area (Å²) in [6, 6.07) is 15.3. The lowest BCUT2D eigenvalue weighted by Gasteiger charge is -2.41. The lowest BCUT2D eigenvalue weighted by molar-refractivity contribution is 0.0227. The van der Waals surface area contributed by atoms with Gasteiger partial charge in [0.2, 0.25) is 0 Å². The van der Waals surface area contributed by atoms with Crippen LogP contribution >= 0.6 is 0 Å². The van der Waals surface area contributed by atoms with E-state index >= 15 is 0 Å². The Labute approximate surface area is 161 Å². The summed E-state index contributed by atoms with van der Waals surface area (Å²) in [4.78, 5) is 12.8. The van der Waals surface area contributed by atoms with Crippen LogP contribution in [0.25, 0.3) is 0 Å². The summed E-state index contributed by atoms with van der Waals surface area (Å²) < 4.78 is 11.9. The highest BCUT2D eigenvalue weighted by Gasteiger charge is 2.38. The average molecular weight is 367 g/mol. The number of benzene rings is 2. The Hall–Kier alpha value is -2.49. The molecule has 1 aliphatic rings. The number of carbonyl (C=O) groups excluding carboxylic acids is 1. The molecular formula is C23H29NO3. The molecule has 0 bridgehead atoms. The Bertz CT molecular complexity index is 765. The highest BCUT2D eigenvalue weighted by atomic mass is 16.5. The molecule has 4 nitrogen and oxygen atoms in total. The predicted molar refractivity (Wildman–Crippen MR) is 107 cm³/mol. The second kappa shape index (κ2) is 8.47. The molecule has 3 rings (SSSR count). The van der Waals surface area contributed by atoms with Crippen LogP contribution in [0.3, 0.4) is 0 Å². The van der Waals surface area contributed by atoms with E-state index in [2.05, 4.69) is 26.1 Å². The molecule has 1 N–H and O–H groups in total. The highest BCUT2D eigenvalue weighted by Crippen LogP contribution is 2.42. The quantitative estimate of drug-likeness (QED) is 0.723. The smallest absolute Gasteiger partial charge is 0.251 e. The Balaban J connectivity index is 1.78. The summed E-state index contributed by atoms with van der Waals surface area (Å²) >= 11 is 0. The van der Waals surface area contributed by atoms with Crippen LogP contribution < -0.4 is 14.8 Å². The van der Waals surface area contributed by atoms with E-state index in [9.17, 15) is 4.79 Å². The number of amides is 1. The van der Waals surface area contributed by atoms with Crippen molar-refractivity contribution in [2.24, 2.45) is 0 Å². The Kier molecular flexibility index (Phi) is 6.04. The molecule has 0 spiro atoms. The van der Waals surface area contributed by atoms with Crippen LogP contribution in [0.15, 0.2) is 48.5 Å². The van der Waals surface area contributed by atoms with Gasteiger partial charge in [0.05, 0.1) is 12.6 Å². The third kappa shape index (κ3) is 4.26. The largest absolute Gasteiger partial charge is 0.494 e. The van der Waals surface area contributed by atoms with E-state index in [0.717, 1.165) is 42.7 Å². The first-order valence-corrected chi connectivity index (χ1v) is 9.92. The molecule has 1 heterocycles. The van der Waals surface area contributed by atoms with Crippen LogP contribution in [-0.4, -0.2) is 18.1 Å². The van der Waals surface area contributed by atoms with Crippen molar-refractivity contribution in [3.63, 3.8) is 0 Å². The molecule has 0 unspecified atom stereocenters. The summed E-state index contributed by atoms with van der Waals surface area (Å²) in [5, 5.41) is 3.22. The lowest BCUT2D eigenvalue weighted by Crippen LogP contribution is -2.44. The van der Waals surface area contributed by atoms with Gasteiger partial charge in [0, 0.05) is 17.5 Å². The third-order valence-electron chi connectivity index (χ3n) is 5.38. The molecule has 0 fully saturated rings. The molecular weight excluding hydrogens is 338 g/mol. The van der Waals surface area contributed by atoms with Crippen LogP contribution in [0, 0.1) is 0 Å². The lowest BCUT2D eigenvalue weighted by atomic mass is 9.83. The molecule has 2 aromatic rings. The maximum Gasteiger partial charge on any atom is 0.251 e. The van der Waals surface area contributed by atoms with E-state index in [0.29, 0.717) is 12.2 Å². The first-order valence-electron chi connectivity index (χ1n) is 9.92. The Morgan fingerprint density at radius 3 is 2.48 bits per heavy atom. The van der Waals surface area contributed by atoms with Gasteiger partial charge in [0.1, 0.15) is 17.1 Å². The van der Waals surface area contributed by atoms with Gasteiger partial charge < -0.3 is 14.8 Å². The van der Waals surface area contributed by atoms with E-state index in [4.69, 9.17) is 9.47 Å². The molecule has 27 heavy (non-hydrogen) atoms. The topological polar surface area (TPSA) is 47.6 Å². The minimum absolute atomic E-state index is 0.0571. The van der Waals surface area contributed by atoms with Gasteiger partial charge in [-0.05, 0) is 49.6 Å². The number of para-hydroxylation sites is 1. The van der Waals surface area contributed by atoms with Crippen molar-refractivity contribution in [3.05, 3.63) is 59.7 Å². The van der Waals surface area contributed by atoms with Crippen LogP contribution in [0.1, 0.15) is 68.4 Å². The summed E-state index contributed by atoms with van der Waals surface area (Å²) in [7, 11) is 0. The SMILES string of the molecule is CCCOc1ccc(C(=O)N[C@@H]2CC(CC)(CC)Oc3ccccc32)cc1. The van der Waals surface area contributed by atoms with E-state index in [-0.39, 0.29) is 17.6 Å². The number of nitrogens with one attached hydrogen (secondary N) is 1. The molecule has 1 aliphatic heterocycles. The summed E-state index contributed by atoms with van der Waals surface area (Å²) in [6.45, 7) is 7.04. The van der Waals surface area contributed by atoms with Gasteiger partial charge in [0.15, 0.2) is 0 Å². The van der Waals surface area contributed by atoms with Crippen LogP contribution in [-0.2, 0) is 0 Å². The molecule has 0 radical (unpaired) electrons. The van der Waals surface area contributed by atoms with Crippen molar-refractivity contribution in [2.45, 2.75) is 58.1 Å². The monoisotopic (exact) mass is 367 g/mol. The van der Waals surface area contributed by atoms with E-state index in [1.807, 2.05) is 48.5 Å². The molecule has 1 amide bonds. The van der Waals surface area contributed by atoms with Crippen LogP contribution in [0.4, 0.5) is 0 Å². The van der Waals surface area contributed by atoms with Crippen molar-refractivity contribution < 1.29 is 14.3 Å². The van der Waals surface area contributed by atoms with E-state index in [1.54, 1.807) is 0 Å². The van der Waals surface area contributed by atoms with Crippen molar-refractivity contribution >= 4 is 5.91 Å². The Morgan fingerprint density at radius 2 is 1.81 bits per heavy atom. The van der Waals surface area contributed by atoms with Crippen molar-refractivity contribution in [2.75, 3.05) is 6.61 Å². The predicted octanol–water partition coefficient (Wildman–Crippen LogP) is 5.29. The van der Waals surface area contributed by atoms with Gasteiger partial charge in [-0.15, -0.1) is 0 Å². The summed E-state index contributed by atoms with van der Waals surface area (Å²) in [6.07, 6.45) is 3.56. The van der Waals surface area contributed by atoms with Gasteiger partial charge >= 0.3 is 0 Å². The van der Waals surface area contributed by atoms with Crippen molar-refractivity contribution in [3.8, 4) is 11.5 Å². The summed E-state index contributed by atoms with van der Waals surface area (Å²) in [5.41, 5.74) is 1.46. The molecule has 0 aliphatic carbocycles. The fourth-order valence-corrected chi connectivity index (χ4v) is 3.59. The minimum Gasteiger partial charge on any atom is -0.494 e. The molecule has 0 saturated carbocycles. The molecule has 2 aromatic carbocycles. The molecule has 0 saturated heterocycles. The fourth-order valence-electron chi connectivity index (χ4n) is 3.59. The van der Waals surface area contributed by atoms with Crippen LogP contribution in [0.5, 0.6) is 11.5 Å². The van der Waals surface area contributed by atoms with Gasteiger partial charge in [-0.25, -0.2) is 0 Å². The number of carbonyl (C=O) groups is 1. The Morgan fingerprint density at radius 1 is 1.11 bits per heavy atom. The number of hydrogen-bond acceptors (Lipinski definition) is 3. The molecule has 1 atom stereocenters. The average Bonchev–Trinajstić information content (AvgIpc) is 2.72.